The smallest absolute Gasteiger partial charge is 0.220 e. The minimum Gasteiger partial charge on any atom is -0.394 e. The number of amides is 1. The number of carbonyl (C=O) groups is 1. The summed E-state index contributed by atoms with van der Waals surface area (Å²) in [6.07, 6.45) is 52.5. The predicted molar refractivity (Wildman–Crippen MR) is 236 cm³/mol. The van der Waals surface area contributed by atoms with E-state index in [1.807, 2.05) is 0 Å². The van der Waals surface area contributed by atoms with E-state index in [0.717, 1.165) is 38.5 Å². The Kier molecular flexibility index (Phi) is 44.5. The van der Waals surface area contributed by atoms with E-state index in [1.165, 1.54) is 218 Å². The molecule has 0 spiro atoms. The molecule has 3 atom stereocenters. The highest BCUT2D eigenvalue weighted by Gasteiger charge is 2.26. The van der Waals surface area contributed by atoms with Crippen LogP contribution in [0.4, 0.5) is 0 Å². The molecule has 0 aromatic rings. The first-order valence-electron chi connectivity index (χ1n) is 24.8. The molecule has 4 N–H and O–H groups in total. The second kappa shape index (κ2) is 45.1. The molecule has 0 unspecified atom stereocenters. The molecule has 0 bridgehead atoms. The first-order valence-corrected chi connectivity index (χ1v) is 24.8. The number of rotatable bonds is 46. The van der Waals surface area contributed by atoms with E-state index in [4.69, 9.17) is 0 Å². The molecule has 324 valence electrons. The van der Waals surface area contributed by atoms with Gasteiger partial charge in [-0.05, 0) is 12.8 Å². The molecule has 0 aliphatic heterocycles. The molecule has 5 heteroatoms. The van der Waals surface area contributed by atoms with E-state index in [1.54, 1.807) is 0 Å². The zero-order chi connectivity index (χ0) is 39.4. The summed E-state index contributed by atoms with van der Waals surface area (Å²) in [4.78, 5) is 12.4. The van der Waals surface area contributed by atoms with Crippen LogP contribution in [-0.4, -0.2) is 46.1 Å². The van der Waals surface area contributed by atoms with E-state index < -0.39 is 18.2 Å². The van der Waals surface area contributed by atoms with Gasteiger partial charge in [-0.3, -0.25) is 4.79 Å². The lowest BCUT2D eigenvalue weighted by atomic mass is 9.99. The second-order valence-electron chi connectivity index (χ2n) is 17.4. The van der Waals surface area contributed by atoms with Crippen molar-refractivity contribution in [1.82, 2.24) is 5.32 Å². The van der Waals surface area contributed by atoms with Gasteiger partial charge in [0.25, 0.3) is 0 Å². The molecule has 0 aliphatic carbocycles. The Balaban J connectivity index is 3.45. The van der Waals surface area contributed by atoms with Crippen LogP contribution < -0.4 is 5.32 Å². The summed E-state index contributed by atoms with van der Waals surface area (Å²) in [7, 11) is 0. The van der Waals surface area contributed by atoms with Gasteiger partial charge in [0, 0.05) is 6.42 Å². The molecule has 0 aliphatic rings. The average Bonchev–Trinajstić information content (AvgIpc) is 3.18. The quantitative estimate of drug-likeness (QED) is 0.0465. The Labute approximate surface area is 338 Å². The number of hydrogen-bond donors (Lipinski definition) is 4. The third kappa shape index (κ3) is 39.6. The molecule has 54 heavy (non-hydrogen) atoms. The van der Waals surface area contributed by atoms with Gasteiger partial charge in [0.1, 0.15) is 6.10 Å². The fourth-order valence-corrected chi connectivity index (χ4v) is 8.11. The summed E-state index contributed by atoms with van der Waals surface area (Å²) in [6.45, 7) is 4.19. The summed E-state index contributed by atoms with van der Waals surface area (Å²) in [6, 6.07) is -0.802. The Morgan fingerprint density at radius 2 is 0.630 bits per heavy atom. The van der Waals surface area contributed by atoms with Crippen molar-refractivity contribution in [2.75, 3.05) is 6.61 Å². The van der Waals surface area contributed by atoms with Gasteiger partial charge >= 0.3 is 0 Å². The standard InChI is InChI=1S/C49H99NO4/c1-3-5-7-9-11-13-15-16-17-18-19-20-21-22-23-24-25-26-27-28-29-30-31-32-34-36-38-40-42-44-48(53)50-46(45-51)49(54)47(52)43-41-39-37-35-33-14-12-10-8-6-4-2/h46-47,49,51-52,54H,3-45H2,1-2H3,(H,50,53)/t46-,47+,49-/m0/s1. The summed E-state index contributed by atoms with van der Waals surface area (Å²) >= 11 is 0. The van der Waals surface area contributed by atoms with Crippen molar-refractivity contribution in [2.24, 2.45) is 0 Å². The van der Waals surface area contributed by atoms with Gasteiger partial charge in [-0.2, -0.15) is 0 Å². The lowest BCUT2D eigenvalue weighted by molar-refractivity contribution is -0.124. The van der Waals surface area contributed by atoms with Crippen LogP contribution in [0.15, 0.2) is 0 Å². The first-order chi connectivity index (χ1) is 26.6. The van der Waals surface area contributed by atoms with Gasteiger partial charge in [0.15, 0.2) is 0 Å². The fourth-order valence-electron chi connectivity index (χ4n) is 8.11. The van der Waals surface area contributed by atoms with Crippen molar-refractivity contribution in [3.63, 3.8) is 0 Å². The molecule has 0 heterocycles. The van der Waals surface area contributed by atoms with Crippen LogP contribution in [-0.2, 0) is 4.79 Å². The Bertz CT molecular complexity index is 718. The van der Waals surface area contributed by atoms with Crippen LogP contribution in [0.3, 0.4) is 0 Å². The normalized spacial score (nSPS) is 13.4. The van der Waals surface area contributed by atoms with E-state index in [-0.39, 0.29) is 12.5 Å². The third-order valence-corrected chi connectivity index (χ3v) is 12.0. The van der Waals surface area contributed by atoms with Crippen molar-refractivity contribution >= 4 is 5.91 Å². The van der Waals surface area contributed by atoms with Gasteiger partial charge in [-0.25, -0.2) is 0 Å². The third-order valence-electron chi connectivity index (χ3n) is 12.0. The van der Waals surface area contributed by atoms with Gasteiger partial charge in [0.05, 0.1) is 18.8 Å². The largest absolute Gasteiger partial charge is 0.394 e. The highest BCUT2D eigenvalue weighted by molar-refractivity contribution is 5.76. The molecule has 0 saturated carbocycles. The highest BCUT2D eigenvalue weighted by Crippen LogP contribution is 2.18. The van der Waals surface area contributed by atoms with Crippen molar-refractivity contribution in [2.45, 2.75) is 302 Å². The number of carbonyl (C=O) groups excluding carboxylic acids is 1. The van der Waals surface area contributed by atoms with Gasteiger partial charge < -0.3 is 20.6 Å². The topological polar surface area (TPSA) is 89.8 Å². The van der Waals surface area contributed by atoms with Crippen molar-refractivity contribution in [3.05, 3.63) is 0 Å². The monoisotopic (exact) mass is 766 g/mol. The molecule has 0 saturated heterocycles. The van der Waals surface area contributed by atoms with Crippen LogP contribution in [0.25, 0.3) is 0 Å². The molecule has 0 aromatic heterocycles. The van der Waals surface area contributed by atoms with Crippen molar-refractivity contribution < 1.29 is 20.1 Å². The van der Waals surface area contributed by atoms with E-state index in [2.05, 4.69) is 19.2 Å². The molecule has 0 fully saturated rings. The summed E-state index contributed by atoms with van der Waals surface area (Å²) in [5, 5.41) is 33.5. The van der Waals surface area contributed by atoms with Gasteiger partial charge in [-0.1, -0.05) is 264 Å². The Morgan fingerprint density at radius 1 is 0.389 bits per heavy atom. The molecule has 5 nitrogen and oxygen atoms in total. The van der Waals surface area contributed by atoms with E-state index in [9.17, 15) is 20.1 Å². The first kappa shape index (κ1) is 53.4. The summed E-state index contributed by atoms with van der Waals surface area (Å²) in [5.41, 5.74) is 0. The predicted octanol–water partition coefficient (Wildman–Crippen LogP) is 14.6. The number of hydrogen-bond acceptors (Lipinski definition) is 4. The minimum atomic E-state index is -1.13. The second-order valence-corrected chi connectivity index (χ2v) is 17.4. The summed E-state index contributed by atoms with van der Waals surface area (Å²) < 4.78 is 0. The molecule has 0 rings (SSSR count). The van der Waals surface area contributed by atoms with Crippen LogP contribution in [0, 0.1) is 0 Å². The summed E-state index contributed by atoms with van der Waals surface area (Å²) in [5.74, 6) is -0.139. The van der Waals surface area contributed by atoms with Crippen molar-refractivity contribution in [3.8, 4) is 0 Å². The molecule has 1 amide bonds. The lowest BCUT2D eigenvalue weighted by Crippen LogP contribution is -2.50. The minimum absolute atomic E-state index is 0.139. The number of unbranched alkanes of at least 4 members (excludes halogenated alkanes) is 38. The maximum atomic E-state index is 12.4. The van der Waals surface area contributed by atoms with Crippen LogP contribution >= 0.6 is 0 Å². The molecular weight excluding hydrogens is 667 g/mol. The maximum absolute atomic E-state index is 12.4. The number of aliphatic hydroxyl groups is 3. The maximum Gasteiger partial charge on any atom is 0.220 e. The zero-order valence-corrected chi connectivity index (χ0v) is 36.9. The van der Waals surface area contributed by atoms with Crippen molar-refractivity contribution in [1.29, 1.82) is 0 Å². The number of nitrogens with one attached hydrogen (secondary N) is 1. The Morgan fingerprint density at radius 3 is 0.889 bits per heavy atom. The lowest BCUT2D eigenvalue weighted by Gasteiger charge is -2.26. The molecule has 0 aromatic carbocycles. The Hall–Kier alpha value is -0.650. The zero-order valence-electron chi connectivity index (χ0n) is 36.9. The van der Waals surface area contributed by atoms with Crippen LogP contribution in [0.2, 0.25) is 0 Å². The van der Waals surface area contributed by atoms with E-state index in [0.29, 0.717) is 12.8 Å². The van der Waals surface area contributed by atoms with Crippen LogP contribution in [0.1, 0.15) is 284 Å². The van der Waals surface area contributed by atoms with Gasteiger partial charge in [-0.15, -0.1) is 0 Å². The SMILES string of the molecule is CCCCCCCCCCCCCCCCCCCCCCCCCCCCCCCC(=O)N[C@@H](CO)[C@H](O)[C@H](O)CCCCCCCCCCCCC. The van der Waals surface area contributed by atoms with E-state index >= 15 is 0 Å². The number of aliphatic hydroxyl groups excluding tert-OH is 3. The van der Waals surface area contributed by atoms with Crippen LogP contribution in [0.5, 0.6) is 0 Å². The fraction of sp³-hybridized carbons (Fsp3) is 0.980. The highest BCUT2D eigenvalue weighted by atomic mass is 16.3. The van der Waals surface area contributed by atoms with Gasteiger partial charge in [0.2, 0.25) is 5.91 Å². The molecular formula is C49H99NO4. The molecule has 0 radical (unpaired) electrons. The average molecular weight is 766 g/mol.